The van der Waals surface area contributed by atoms with E-state index < -0.39 is 6.10 Å². The van der Waals surface area contributed by atoms with Gasteiger partial charge in [0, 0.05) is 43.2 Å². The number of hydrogen-bond donors (Lipinski definition) is 1. The van der Waals surface area contributed by atoms with Crippen molar-refractivity contribution in [2.45, 2.75) is 38.8 Å². The van der Waals surface area contributed by atoms with Gasteiger partial charge in [0.15, 0.2) is 11.5 Å². The van der Waals surface area contributed by atoms with E-state index in [2.05, 4.69) is 37.1 Å². The van der Waals surface area contributed by atoms with Crippen LogP contribution in [0.15, 0.2) is 29.7 Å². The van der Waals surface area contributed by atoms with E-state index >= 15 is 0 Å². The summed E-state index contributed by atoms with van der Waals surface area (Å²) in [6, 6.07) is 5.72. The third-order valence-electron chi connectivity index (χ3n) is 6.36. The molecule has 1 aromatic carbocycles. The lowest BCUT2D eigenvalue weighted by atomic mass is 10.0. The number of piperazine rings is 1. The first-order valence-corrected chi connectivity index (χ1v) is 12.4. The predicted molar refractivity (Wildman–Crippen MR) is 143 cm³/mol. The zero-order valence-electron chi connectivity index (χ0n) is 21.3. The second-order valence-electron chi connectivity index (χ2n) is 8.78. The molecule has 2 aromatic rings. The van der Waals surface area contributed by atoms with Gasteiger partial charge in [-0.2, -0.15) is 0 Å². The highest BCUT2D eigenvalue weighted by atomic mass is 35.5. The number of halogens is 1. The van der Waals surface area contributed by atoms with Crippen molar-refractivity contribution in [2.75, 3.05) is 47.5 Å². The number of aliphatic hydroxyl groups excluding tert-OH is 1. The summed E-state index contributed by atoms with van der Waals surface area (Å²) in [5, 5.41) is 13.0. The SMILES string of the molecule is COc1cc(C=CC(=O)N2CCN(C(C)C(O)c3cc(C(C)C)cs3)CC2)cc(OC)c1OC.Cl. The number of benzene rings is 1. The highest BCUT2D eigenvalue weighted by Gasteiger charge is 2.28. The monoisotopic (exact) mass is 524 g/mol. The van der Waals surface area contributed by atoms with Gasteiger partial charge < -0.3 is 24.2 Å². The van der Waals surface area contributed by atoms with Gasteiger partial charge >= 0.3 is 0 Å². The van der Waals surface area contributed by atoms with Gasteiger partial charge in [-0.3, -0.25) is 9.69 Å². The molecule has 0 aliphatic carbocycles. The summed E-state index contributed by atoms with van der Waals surface area (Å²) >= 11 is 1.62. The van der Waals surface area contributed by atoms with Crippen LogP contribution in [0.3, 0.4) is 0 Å². The van der Waals surface area contributed by atoms with E-state index in [1.807, 2.05) is 4.90 Å². The maximum atomic E-state index is 12.8. The van der Waals surface area contributed by atoms with Gasteiger partial charge in [-0.1, -0.05) is 13.8 Å². The third kappa shape index (κ3) is 6.91. The molecule has 3 rings (SSSR count). The molecule has 1 saturated heterocycles. The van der Waals surface area contributed by atoms with E-state index in [9.17, 15) is 9.90 Å². The molecule has 2 heterocycles. The molecule has 1 aromatic heterocycles. The first-order valence-electron chi connectivity index (χ1n) is 11.6. The van der Waals surface area contributed by atoms with Crippen molar-refractivity contribution in [3.05, 3.63) is 45.7 Å². The van der Waals surface area contributed by atoms with Gasteiger partial charge in [-0.05, 0) is 53.6 Å². The summed E-state index contributed by atoms with van der Waals surface area (Å²) in [5.41, 5.74) is 2.05. The number of carbonyl (C=O) groups excluding carboxylic acids is 1. The van der Waals surface area contributed by atoms with Crippen molar-refractivity contribution in [2.24, 2.45) is 0 Å². The van der Waals surface area contributed by atoms with Crippen LogP contribution < -0.4 is 14.2 Å². The zero-order chi connectivity index (χ0) is 24.8. The summed E-state index contributed by atoms with van der Waals surface area (Å²) in [4.78, 5) is 17.9. The number of rotatable bonds is 9. The minimum absolute atomic E-state index is 0. The number of aliphatic hydroxyl groups is 1. The van der Waals surface area contributed by atoms with Gasteiger partial charge in [0.25, 0.3) is 0 Å². The Hall–Kier alpha value is -2.26. The first kappa shape index (κ1) is 29.0. The zero-order valence-corrected chi connectivity index (χ0v) is 22.9. The average molecular weight is 525 g/mol. The minimum Gasteiger partial charge on any atom is -0.493 e. The van der Waals surface area contributed by atoms with Gasteiger partial charge in [0.05, 0.1) is 21.3 Å². The van der Waals surface area contributed by atoms with E-state index in [-0.39, 0.29) is 24.4 Å². The van der Waals surface area contributed by atoms with Gasteiger partial charge in [-0.25, -0.2) is 0 Å². The van der Waals surface area contributed by atoms with Crippen LogP contribution in [0.1, 0.15) is 48.8 Å². The lowest BCUT2D eigenvalue weighted by Crippen LogP contribution is -2.52. The van der Waals surface area contributed by atoms with Crippen molar-refractivity contribution in [1.29, 1.82) is 0 Å². The Balaban J connectivity index is 0.00000432. The molecule has 194 valence electrons. The maximum Gasteiger partial charge on any atom is 0.246 e. The van der Waals surface area contributed by atoms with Crippen LogP contribution in [0.5, 0.6) is 17.2 Å². The van der Waals surface area contributed by atoms with Crippen LogP contribution in [-0.4, -0.2) is 74.4 Å². The second-order valence-corrected chi connectivity index (χ2v) is 9.72. The van der Waals surface area contributed by atoms with Gasteiger partial charge in [0.2, 0.25) is 11.7 Å². The van der Waals surface area contributed by atoms with E-state index in [1.165, 1.54) is 5.56 Å². The summed E-state index contributed by atoms with van der Waals surface area (Å²) in [6.07, 6.45) is 2.81. The molecule has 1 fully saturated rings. The molecule has 1 N–H and O–H groups in total. The molecule has 0 spiro atoms. The van der Waals surface area contributed by atoms with Crippen LogP contribution in [0.2, 0.25) is 0 Å². The number of amides is 1. The second kappa shape index (κ2) is 13.2. The summed E-state index contributed by atoms with van der Waals surface area (Å²) in [5.74, 6) is 2.02. The molecule has 35 heavy (non-hydrogen) atoms. The van der Waals surface area contributed by atoms with Crippen molar-refractivity contribution in [1.82, 2.24) is 9.80 Å². The molecule has 9 heteroatoms. The Morgan fingerprint density at radius 1 is 1.00 bits per heavy atom. The molecule has 1 aliphatic heterocycles. The molecule has 1 aliphatic rings. The highest BCUT2D eigenvalue weighted by molar-refractivity contribution is 7.10. The summed E-state index contributed by atoms with van der Waals surface area (Å²) in [6.45, 7) is 9.08. The topological polar surface area (TPSA) is 71.5 Å². The number of carbonyl (C=O) groups is 1. The average Bonchev–Trinajstić information content (AvgIpc) is 3.36. The smallest absolute Gasteiger partial charge is 0.246 e. The molecule has 0 radical (unpaired) electrons. The Kier molecular flexibility index (Phi) is 10.9. The van der Waals surface area contributed by atoms with E-state index in [0.717, 1.165) is 23.5 Å². The Morgan fingerprint density at radius 2 is 1.60 bits per heavy atom. The molecule has 1 amide bonds. The highest BCUT2D eigenvalue weighted by Crippen LogP contribution is 2.38. The quantitative estimate of drug-likeness (QED) is 0.483. The molecule has 0 bridgehead atoms. The number of thiophene rings is 1. The van der Waals surface area contributed by atoms with Crippen molar-refractivity contribution >= 4 is 35.7 Å². The normalized spacial score (nSPS) is 16.2. The van der Waals surface area contributed by atoms with Crippen LogP contribution >= 0.6 is 23.7 Å². The Bertz CT molecular complexity index is 976. The number of nitrogens with zero attached hydrogens (tertiary/aromatic N) is 2. The molecule has 2 atom stereocenters. The Morgan fingerprint density at radius 3 is 2.09 bits per heavy atom. The van der Waals surface area contributed by atoms with E-state index in [4.69, 9.17) is 14.2 Å². The third-order valence-corrected chi connectivity index (χ3v) is 7.38. The molecule has 7 nitrogen and oxygen atoms in total. The minimum atomic E-state index is -0.528. The first-order chi connectivity index (χ1) is 16.3. The van der Waals surface area contributed by atoms with Crippen molar-refractivity contribution in [3.8, 4) is 17.2 Å². The van der Waals surface area contributed by atoms with E-state index in [1.54, 1.807) is 57.0 Å². The van der Waals surface area contributed by atoms with Crippen molar-refractivity contribution < 1.29 is 24.1 Å². The standard InChI is InChI=1S/C26H36N2O5S.ClH/c1-17(2)20-15-23(34-16-20)25(30)18(3)27-9-11-28(12-10-27)24(29)8-7-19-13-21(31-4)26(33-6)22(14-19)32-5;/h7-8,13-18,25,30H,9-12H2,1-6H3;1H. The van der Waals surface area contributed by atoms with Gasteiger partial charge in [0.1, 0.15) is 6.10 Å². The lowest BCUT2D eigenvalue weighted by molar-refractivity contribution is -0.128. The van der Waals surface area contributed by atoms with Crippen molar-refractivity contribution in [3.63, 3.8) is 0 Å². The van der Waals surface area contributed by atoms with Crippen LogP contribution in [0, 0.1) is 0 Å². The molecule has 2 unspecified atom stereocenters. The fourth-order valence-electron chi connectivity index (χ4n) is 4.08. The fraction of sp³-hybridized carbons (Fsp3) is 0.500. The number of methoxy groups -OCH3 is 3. The van der Waals surface area contributed by atoms with Crippen LogP contribution in [0.4, 0.5) is 0 Å². The van der Waals surface area contributed by atoms with Crippen LogP contribution in [-0.2, 0) is 4.79 Å². The predicted octanol–water partition coefficient (Wildman–Crippen LogP) is 4.60. The molecule has 0 saturated carbocycles. The number of ether oxygens (including phenoxy) is 3. The largest absolute Gasteiger partial charge is 0.493 e. The molecular formula is C26H37ClN2O5S. The Labute approximate surface area is 218 Å². The molecular weight excluding hydrogens is 488 g/mol. The summed E-state index contributed by atoms with van der Waals surface area (Å²) in [7, 11) is 4.69. The van der Waals surface area contributed by atoms with Gasteiger partial charge in [-0.15, -0.1) is 23.7 Å². The summed E-state index contributed by atoms with van der Waals surface area (Å²) < 4.78 is 16.1. The lowest BCUT2D eigenvalue weighted by Gasteiger charge is -2.39. The fourth-order valence-corrected chi connectivity index (χ4v) is 5.24. The van der Waals surface area contributed by atoms with Crippen LogP contribution in [0.25, 0.3) is 6.08 Å². The number of hydrogen-bond acceptors (Lipinski definition) is 7. The maximum absolute atomic E-state index is 12.8. The van der Waals surface area contributed by atoms with E-state index in [0.29, 0.717) is 36.3 Å².